The molecule has 2 saturated heterocycles. The summed E-state index contributed by atoms with van der Waals surface area (Å²) in [6, 6.07) is 0.659. The van der Waals surface area contributed by atoms with Crippen LogP contribution in [0.3, 0.4) is 0 Å². The van der Waals surface area contributed by atoms with E-state index in [-0.39, 0.29) is 0 Å². The molecule has 0 N–H and O–H groups in total. The lowest BCUT2D eigenvalue weighted by atomic mass is 9.98. The monoisotopic (exact) mass is 185 g/mol. The fourth-order valence-electron chi connectivity index (χ4n) is 2.23. The number of rotatable bonds is 1. The molecule has 13 heavy (non-hydrogen) atoms. The summed E-state index contributed by atoms with van der Waals surface area (Å²) < 4.78 is 10.8. The van der Waals surface area contributed by atoms with Crippen LogP contribution in [0.4, 0.5) is 0 Å². The molecule has 2 fully saturated rings. The highest BCUT2D eigenvalue weighted by atomic mass is 16.7. The molecule has 0 saturated carbocycles. The Morgan fingerprint density at radius 3 is 2.08 bits per heavy atom. The van der Waals surface area contributed by atoms with Crippen molar-refractivity contribution in [3.05, 3.63) is 0 Å². The van der Waals surface area contributed by atoms with Crippen molar-refractivity contribution in [2.45, 2.75) is 19.9 Å². The van der Waals surface area contributed by atoms with E-state index in [0.29, 0.717) is 24.7 Å². The van der Waals surface area contributed by atoms with Gasteiger partial charge in [-0.05, 0) is 13.8 Å². The van der Waals surface area contributed by atoms with Gasteiger partial charge in [0.25, 0.3) is 0 Å². The van der Waals surface area contributed by atoms with Crippen LogP contribution in [0.1, 0.15) is 13.8 Å². The molecule has 0 aromatic carbocycles. The van der Waals surface area contributed by atoms with Crippen molar-refractivity contribution in [1.82, 2.24) is 4.90 Å². The Morgan fingerprint density at radius 2 is 1.62 bits per heavy atom. The second-order valence-corrected chi connectivity index (χ2v) is 4.43. The average Bonchev–Trinajstić information content (AvgIpc) is 2.38. The molecule has 0 aliphatic carbocycles. The highest BCUT2D eigenvalue weighted by Crippen LogP contribution is 2.27. The maximum atomic E-state index is 5.39. The zero-order valence-electron chi connectivity index (χ0n) is 8.53. The van der Waals surface area contributed by atoms with Crippen molar-refractivity contribution < 1.29 is 9.47 Å². The molecule has 0 radical (unpaired) electrons. The van der Waals surface area contributed by atoms with Gasteiger partial charge in [0, 0.05) is 31.0 Å². The lowest BCUT2D eigenvalue weighted by Crippen LogP contribution is -2.29. The Hall–Kier alpha value is -0.120. The van der Waals surface area contributed by atoms with Crippen LogP contribution in [0.2, 0.25) is 0 Å². The number of likely N-dealkylation sites (tertiary alicyclic amines) is 1. The molecule has 0 spiro atoms. The maximum absolute atomic E-state index is 5.39. The molecule has 3 heteroatoms. The van der Waals surface area contributed by atoms with Crippen LogP contribution >= 0.6 is 0 Å². The molecule has 2 rings (SSSR count). The Kier molecular flexibility index (Phi) is 2.86. The fourth-order valence-corrected chi connectivity index (χ4v) is 2.23. The Morgan fingerprint density at radius 1 is 1.08 bits per heavy atom. The fraction of sp³-hybridized carbons (Fsp3) is 1.00. The minimum absolute atomic E-state index is 0.495. The van der Waals surface area contributed by atoms with Gasteiger partial charge in [-0.3, -0.25) is 0 Å². The predicted molar refractivity (Wildman–Crippen MR) is 50.5 cm³/mol. The van der Waals surface area contributed by atoms with Gasteiger partial charge < -0.3 is 14.4 Å². The molecular formula is C10H19NO2. The van der Waals surface area contributed by atoms with Crippen molar-refractivity contribution in [2.75, 3.05) is 33.1 Å². The second kappa shape index (κ2) is 3.95. The summed E-state index contributed by atoms with van der Waals surface area (Å²) in [6.07, 6.45) is 0. The van der Waals surface area contributed by atoms with E-state index in [1.54, 1.807) is 0 Å². The van der Waals surface area contributed by atoms with E-state index in [4.69, 9.17) is 9.47 Å². The van der Waals surface area contributed by atoms with E-state index in [1.807, 2.05) is 0 Å². The van der Waals surface area contributed by atoms with Crippen LogP contribution in [0.25, 0.3) is 0 Å². The molecule has 76 valence electrons. The summed E-state index contributed by atoms with van der Waals surface area (Å²) in [5.41, 5.74) is 0. The first-order chi connectivity index (χ1) is 6.27. The largest absolute Gasteiger partial charge is 0.355 e. The molecule has 2 unspecified atom stereocenters. The Balaban J connectivity index is 1.94. The van der Waals surface area contributed by atoms with E-state index >= 15 is 0 Å². The van der Waals surface area contributed by atoms with Gasteiger partial charge >= 0.3 is 0 Å². The predicted octanol–water partition coefficient (Wildman–Crippen LogP) is 0.947. The maximum Gasteiger partial charge on any atom is 0.146 e. The van der Waals surface area contributed by atoms with E-state index in [2.05, 4.69) is 18.7 Å². The summed E-state index contributed by atoms with van der Waals surface area (Å²) in [5, 5.41) is 0. The van der Waals surface area contributed by atoms with Gasteiger partial charge in [-0.1, -0.05) is 0 Å². The first-order valence-electron chi connectivity index (χ1n) is 5.17. The van der Waals surface area contributed by atoms with Crippen LogP contribution in [-0.2, 0) is 9.47 Å². The van der Waals surface area contributed by atoms with Gasteiger partial charge in [0.2, 0.25) is 0 Å². The van der Waals surface area contributed by atoms with Crippen molar-refractivity contribution in [3.63, 3.8) is 0 Å². The Labute approximate surface area is 80.0 Å². The van der Waals surface area contributed by atoms with Crippen molar-refractivity contribution in [2.24, 2.45) is 11.8 Å². The molecule has 0 aromatic heterocycles. The minimum atomic E-state index is 0.495. The number of fused-ring (bicyclic) bond motifs is 1. The van der Waals surface area contributed by atoms with Crippen molar-refractivity contribution in [3.8, 4) is 0 Å². The van der Waals surface area contributed by atoms with Gasteiger partial charge in [0.1, 0.15) is 6.79 Å². The zero-order valence-corrected chi connectivity index (χ0v) is 8.53. The summed E-state index contributed by atoms with van der Waals surface area (Å²) in [6.45, 7) is 9.15. The first-order valence-corrected chi connectivity index (χ1v) is 5.17. The normalized spacial score (nSPS) is 36.2. The van der Waals surface area contributed by atoms with E-state index in [1.165, 1.54) is 13.1 Å². The highest BCUT2D eigenvalue weighted by Gasteiger charge is 2.35. The van der Waals surface area contributed by atoms with E-state index in [9.17, 15) is 0 Å². The van der Waals surface area contributed by atoms with Crippen molar-refractivity contribution in [1.29, 1.82) is 0 Å². The standard InChI is InChI=1S/C10H19NO2/c1-8(2)11-3-9-5-12-7-13-6-10(9)4-11/h8-10H,3-7H2,1-2H3. The summed E-state index contributed by atoms with van der Waals surface area (Å²) >= 11 is 0. The van der Waals surface area contributed by atoms with Crippen LogP contribution in [0, 0.1) is 11.8 Å². The van der Waals surface area contributed by atoms with Crippen LogP contribution in [0.15, 0.2) is 0 Å². The molecule has 2 heterocycles. The lowest BCUT2D eigenvalue weighted by Gasteiger charge is -2.20. The summed E-state index contributed by atoms with van der Waals surface area (Å²) in [4.78, 5) is 2.52. The minimum Gasteiger partial charge on any atom is -0.355 e. The highest BCUT2D eigenvalue weighted by molar-refractivity contribution is 4.85. The quantitative estimate of drug-likeness (QED) is 0.607. The number of nitrogens with zero attached hydrogens (tertiary/aromatic N) is 1. The third-order valence-corrected chi connectivity index (χ3v) is 3.17. The second-order valence-electron chi connectivity index (χ2n) is 4.43. The summed E-state index contributed by atoms with van der Waals surface area (Å²) in [7, 11) is 0. The van der Waals surface area contributed by atoms with Crippen LogP contribution in [-0.4, -0.2) is 44.0 Å². The van der Waals surface area contributed by atoms with Gasteiger partial charge in [0.05, 0.1) is 13.2 Å². The van der Waals surface area contributed by atoms with Gasteiger partial charge in [-0.2, -0.15) is 0 Å². The number of hydrogen-bond acceptors (Lipinski definition) is 3. The molecule has 0 aromatic rings. The van der Waals surface area contributed by atoms with Crippen LogP contribution in [0.5, 0.6) is 0 Å². The van der Waals surface area contributed by atoms with Gasteiger partial charge in [-0.25, -0.2) is 0 Å². The third kappa shape index (κ3) is 2.03. The zero-order chi connectivity index (χ0) is 9.26. The van der Waals surface area contributed by atoms with E-state index in [0.717, 1.165) is 13.2 Å². The lowest BCUT2D eigenvalue weighted by molar-refractivity contribution is -0.0414. The molecule has 0 bridgehead atoms. The molecule has 3 nitrogen and oxygen atoms in total. The first kappa shape index (κ1) is 9.44. The molecule has 2 aliphatic rings. The number of hydrogen-bond donors (Lipinski definition) is 0. The van der Waals surface area contributed by atoms with Crippen LogP contribution < -0.4 is 0 Å². The topological polar surface area (TPSA) is 21.7 Å². The SMILES string of the molecule is CC(C)N1CC2COCOCC2C1. The molecule has 2 aliphatic heterocycles. The molecular weight excluding hydrogens is 166 g/mol. The van der Waals surface area contributed by atoms with E-state index < -0.39 is 0 Å². The van der Waals surface area contributed by atoms with Crippen molar-refractivity contribution >= 4 is 0 Å². The van der Waals surface area contributed by atoms with Gasteiger partial charge in [-0.15, -0.1) is 0 Å². The molecule has 2 atom stereocenters. The Bertz CT molecular complexity index is 158. The molecule has 0 amide bonds. The third-order valence-electron chi connectivity index (χ3n) is 3.17. The van der Waals surface area contributed by atoms with Gasteiger partial charge in [0.15, 0.2) is 0 Å². The summed E-state index contributed by atoms with van der Waals surface area (Å²) in [5.74, 6) is 1.40. The number of ether oxygens (including phenoxy) is 2. The average molecular weight is 185 g/mol. The smallest absolute Gasteiger partial charge is 0.146 e.